The van der Waals surface area contributed by atoms with E-state index in [-0.39, 0.29) is 17.8 Å². The number of aromatic nitrogens is 2. The second-order valence-corrected chi connectivity index (χ2v) is 6.31. The lowest BCUT2D eigenvalue weighted by Crippen LogP contribution is -2.27. The van der Waals surface area contributed by atoms with Crippen LogP contribution in [-0.4, -0.2) is 20.9 Å². The van der Waals surface area contributed by atoms with Gasteiger partial charge < -0.3 is 9.42 Å². The first-order valence-corrected chi connectivity index (χ1v) is 8.24. The standard InChI is InChI=1S/C19H14F3N3O2/c1-11(12-5-3-2-4-6-12)25-10-14-8-7-13(9-15(14)17(25)26)16-23-18(27-24-16)19(20,21)22/h2-9,11H,10H2,1H3/t11-/m0/s1. The van der Waals surface area contributed by atoms with Gasteiger partial charge in [0, 0.05) is 17.7 Å². The lowest BCUT2D eigenvalue weighted by molar-refractivity contribution is -0.159. The van der Waals surface area contributed by atoms with Crippen LogP contribution in [0.15, 0.2) is 53.1 Å². The summed E-state index contributed by atoms with van der Waals surface area (Å²) in [6.45, 7) is 2.37. The van der Waals surface area contributed by atoms with Gasteiger partial charge in [0.15, 0.2) is 0 Å². The fourth-order valence-corrected chi connectivity index (χ4v) is 3.14. The van der Waals surface area contributed by atoms with Gasteiger partial charge in [-0.3, -0.25) is 4.79 Å². The Labute approximate surface area is 152 Å². The Hall–Kier alpha value is -3.16. The van der Waals surface area contributed by atoms with Gasteiger partial charge in [0.25, 0.3) is 5.91 Å². The Kier molecular flexibility index (Phi) is 3.98. The van der Waals surface area contributed by atoms with E-state index in [1.54, 1.807) is 17.0 Å². The number of amides is 1. The Morgan fingerprint density at radius 2 is 1.89 bits per heavy atom. The number of halogens is 3. The SMILES string of the molecule is C[C@@H](c1ccccc1)N1Cc2ccc(-c3noc(C(F)(F)F)n3)cc2C1=O. The molecule has 138 valence electrons. The summed E-state index contributed by atoms with van der Waals surface area (Å²) in [6.07, 6.45) is -4.71. The van der Waals surface area contributed by atoms with Crippen LogP contribution in [0.4, 0.5) is 13.2 Å². The van der Waals surface area contributed by atoms with E-state index in [4.69, 9.17) is 0 Å². The minimum Gasteiger partial charge on any atom is -0.329 e. The molecule has 2 heterocycles. The molecule has 3 aromatic rings. The third kappa shape index (κ3) is 3.07. The lowest BCUT2D eigenvalue weighted by Gasteiger charge is -2.24. The highest BCUT2D eigenvalue weighted by atomic mass is 19.4. The van der Waals surface area contributed by atoms with Gasteiger partial charge in [-0.25, -0.2) is 0 Å². The predicted octanol–water partition coefficient (Wildman–Crippen LogP) is 4.47. The Bertz CT molecular complexity index is 999. The number of carbonyl (C=O) groups is 1. The molecule has 1 amide bonds. The van der Waals surface area contributed by atoms with Crippen LogP contribution in [0.3, 0.4) is 0 Å². The molecule has 1 aromatic heterocycles. The first-order chi connectivity index (χ1) is 12.8. The number of fused-ring (bicyclic) bond motifs is 1. The van der Waals surface area contributed by atoms with Crippen molar-refractivity contribution in [1.29, 1.82) is 0 Å². The molecule has 1 atom stereocenters. The smallest absolute Gasteiger partial charge is 0.329 e. The van der Waals surface area contributed by atoms with Crippen molar-refractivity contribution in [3.05, 3.63) is 71.1 Å². The van der Waals surface area contributed by atoms with Crippen molar-refractivity contribution in [2.75, 3.05) is 0 Å². The highest BCUT2D eigenvalue weighted by molar-refractivity contribution is 5.99. The largest absolute Gasteiger partial charge is 0.471 e. The van der Waals surface area contributed by atoms with Crippen LogP contribution < -0.4 is 0 Å². The number of benzene rings is 2. The summed E-state index contributed by atoms with van der Waals surface area (Å²) < 4.78 is 42.2. The van der Waals surface area contributed by atoms with Gasteiger partial charge in [-0.1, -0.05) is 47.6 Å². The van der Waals surface area contributed by atoms with Crippen molar-refractivity contribution in [1.82, 2.24) is 15.0 Å². The normalized spacial score (nSPS) is 15.1. The van der Waals surface area contributed by atoms with Gasteiger partial charge >= 0.3 is 12.1 Å². The van der Waals surface area contributed by atoms with E-state index >= 15 is 0 Å². The minimum absolute atomic E-state index is 0.128. The fraction of sp³-hybridized carbons (Fsp3) is 0.211. The molecule has 0 aliphatic carbocycles. The number of carbonyl (C=O) groups excluding carboxylic acids is 1. The zero-order chi connectivity index (χ0) is 19.2. The lowest BCUT2D eigenvalue weighted by atomic mass is 10.1. The van der Waals surface area contributed by atoms with Crippen LogP contribution >= 0.6 is 0 Å². The van der Waals surface area contributed by atoms with Crippen LogP contribution in [0.2, 0.25) is 0 Å². The van der Waals surface area contributed by atoms with Crippen LogP contribution in [0.1, 0.15) is 40.3 Å². The summed E-state index contributed by atoms with van der Waals surface area (Å²) in [6, 6.07) is 14.3. The maximum atomic E-state index is 12.8. The average molecular weight is 373 g/mol. The zero-order valence-corrected chi connectivity index (χ0v) is 14.2. The quantitative estimate of drug-likeness (QED) is 0.680. The van der Waals surface area contributed by atoms with Crippen molar-refractivity contribution in [2.45, 2.75) is 25.7 Å². The molecule has 1 aliphatic heterocycles. The molecule has 0 saturated heterocycles. The maximum absolute atomic E-state index is 12.8. The molecular weight excluding hydrogens is 359 g/mol. The highest BCUT2D eigenvalue weighted by Crippen LogP contribution is 2.34. The van der Waals surface area contributed by atoms with Crippen LogP contribution in [-0.2, 0) is 12.7 Å². The fourth-order valence-electron chi connectivity index (χ4n) is 3.14. The summed E-state index contributed by atoms with van der Waals surface area (Å²) in [5.41, 5.74) is 2.56. The van der Waals surface area contributed by atoms with Crippen molar-refractivity contribution in [3.63, 3.8) is 0 Å². The van der Waals surface area contributed by atoms with Crippen molar-refractivity contribution >= 4 is 5.91 Å². The molecule has 1 aliphatic rings. The third-order valence-electron chi connectivity index (χ3n) is 4.62. The third-order valence-corrected chi connectivity index (χ3v) is 4.62. The van der Waals surface area contributed by atoms with Gasteiger partial charge in [0.1, 0.15) is 0 Å². The molecule has 0 bridgehead atoms. The minimum atomic E-state index is -4.71. The Morgan fingerprint density at radius 1 is 1.15 bits per heavy atom. The van der Waals surface area contributed by atoms with Crippen LogP contribution in [0.25, 0.3) is 11.4 Å². The van der Waals surface area contributed by atoms with E-state index < -0.39 is 12.1 Å². The molecule has 0 fully saturated rings. The Morgan fingerprint density at radius 3 is 2.56 bits per heavy atom. The van der Waals surface area contributed by atoms with E-state index in [1.165, 1.54) is 6.07 Å². The topological polar surface area (TPSA) is 59.2 Å². The number of hydrogen-bond acceptors (Lipinski definition) is 4. The molecule has 4 rings (SSSR count). The van der Waals surface area contributed by atoms with Crippen molar-refractivity contribution in [3.8, 4) is 11.4 Å². The molecule has 5 nitrogen and oxygen atoms in total. The summed E-state index contributed by atoms with van der Waals surface area (Å²) >= 11 is 0. The highest BCUT2D eigenvalue weighted by Gasteiger charge is 2.39. The molecule has 0 spiro atoms. The summed E-state index contributed by atoms with van der Waals surface area (Å²) in [5.74, 6) is -1.79. The van der Waals surface area contributed by atoms with Gasteiger partial charge in [-0.05, 0) is 24.1 Å². The van der Waals surface area contributed by atoms with E-state index in [0.29, 0.717) is 17.7 Å². The van der Waals surface area contributed by atoms with Crippen molar-refractivity contribution in [2.24, 2.45) is 0 Å². The Balaban J connectivity index is 1.63. The summed E-state index contributed by atoms with van der Waals surface area (Å²) in [7, 11) is 0. The second-order valence-electron chi connectivity index (χ2n) is 6.31. The number of rotatable bonds is 3. The molecule has 2 aromatic carbocycles. The van der Waals surface area contributed by atoms with E-state index in [9.17, 15) is 18.0 Å². The molecule has 0 saturated carbocycles. The second kappa shape index (κ2) is 6.22. The van der Waals surface area contributed by atoms with Gasteiger partial charge in [-0.15, -0.1) is 0 Å². The number of nitrogens with zero attached hydrogens (tertiary/aromatic N) is 3. The maximum Gasteiger partial charge on any atom is 0.471 e. The van der Waals surface area contributed by atoms with Gasteiger partial charge in [0.05, 0.1) is 6.04 Å². The molecule has 8 heteroatoms. The van der Waals surface area contributed by atoms with Gasteiger partial charge in [0.2, 0.25) is 5.82 Å². The molecule has 0 unspecified atom stereocenters. The molecular formula is C19H14F3N3O2. The van der Waals surface area contributed by atoms with E-state index in [2.05, 4.69) is 14.7 Å². The first-order valence-electron chi connectivity index (χ1n) is 8.24. The van der Waals surface area contributed by atoms with E-state index in [1.807, 2.05) is 37.3 Å². The molecule has 0 radical (unpaired) electrons. The molecule has 27 heavy (non-hydrogen) atoms. The van der Waals surface area contributed by atoms with Crippen molar-refractivity contribution < 1.29 is 22.5 Å². The zero-order valence-electron chi connectivity index (χ0n) is 14.2. The predicted molar refractivity (Wildman–Crippen MR) is 89.5 cm³/mol. The summed E-state index contributed by atoms with van der Waals surface area (Å²) in [4.78, 5) is 17.9. The summed E-state index contributed by atoms with van der Waals surface area (Å²) in [5, 5.41) is 3.37. The number of hydrogen-bond donors (Lipinski definition) is 0. The van der Waals surface area contributed by atoms with Crippen LogP contribution in [0, 0.1) is 0 Å². The number of alkyl halides is 3. The monoisotopic (exact) mass is 373 g/mol. The first kappa shape index (κ1) is 17.3. The average Bonchev–Trinajstić information content (AvgIpc) is 3.27. The van der Waals surface area contributed by atoms with Gasteiger partial charge in [-0.2, -0.15) is 18.2 Å². The van der Waals surface area contributed by atoms with Crippen LogP contribution in [0.5, 0.6) is 0 Å². The van der Waals surface area contributed by atoms with E-state index in [0.717, 1.165) is 11.1 Å². The molecule has 0 N–H and O–H groups in total.